The number of fused-ring (bicyclic) bond motifs is 1. The lowest BCUT2D eigenvalue weighted by molar-refractivity contribution is 0.274. The maximum absolute atomic E-state index is 9.41. The Labute approximate surface area is 157 Å². The molecular formula is C19H24N6O2. The Morgan fingerprint density at radius 2 is 2.19 bits per heavy atom. The van der Waals surface area contributed by atoms with Crippen molar-refractivity contribution in [3.05, 3.63) is 35.5 Å². The number of allylic oxidation sites excluding steroid dienone is 1. The second kappa shape index (κ2) is 7.71. The first kappa shape index (κ1) is 18.8. The average Bonchev–Trinajstić information content (AvgIpc) is 3.02. The van der Waals surface area contributed by atoms with E-state index in [2.05, 4.69) is 15.0 Å². The van der Waals surface area contributed by atoms with E-state index in [1.54, 1.807) is 24.4 Å². The summed E-state index contributed by atoms with van der Waals surface area (Å²) in [6.45, 7) is 3.74. The topological polar surface area (TPSA) is 147 Å². The number of aromatic nitrogens is 1. The highest BCUT2D eigenvalue weighted by Crippen LogP contribution is 2.23. The lowest BCUT2D eigenvalue weighted by Crippen LogP contribution is -2.38. The third-order valence-corrected chi connectivity index (χ3v) is 4.49. The van der Waals surface area contributed by atoms with E-state index in [4.69, 9.17) is 21.3 Å². The summed E-state index contributed by atoms with van der Waals surface area (Å²) >= 11 is 0. The van der Waals surface area contributed by atoms with Crippen molar-refractivity contribution in [1.29, 1.82) is 5.41 Å². The number of nitrogen functional groups attached to an aromatic ring is 1. The molecule has 2 atom stereocenters. The van der Waals surface area contributed by atoms with Gasteiger partial charge in [-0.15, -0.1) is 0 Å². The van der Waals surface area contributed by atoms with Crippen LogP contribution in [0.25, 0.3) is 11.1 Å². The number of rotatable bonds is 4. The molecule has 142 valence electrons. The predicted octanol–water partition coefficient (Wildman–Crippen LogP) is 2.27. The van der Waals surface area contributed by atoms with Crippen LogP contribution in [0, 0.1) is 11.3 Å². The maximum atomic E-state index is 9.41. The summed E-state index contributed by atoms with van der Waals surface area (Å²) in [6, 6.07) is 5.06. The fourth-order valence-corrected chi connectivity index (χ4v) is 3.02. The van der Waals surface area contributed by atoms with Crippen LogP contribution in [0.1, 0.15) is 32.3 Å². The van der Waals surface area contributed by atoms with Gasteiger partial charge in [-0.1, -0.05) is 5.57 Å². The van der Waals surface area contributed by atoms with E-state index in [1.807, 2.05) is 13.8 Å². The van der Waals surface area contributed by atoms with Crippen LogP contribution in [0.3, 0.4) is 0 Å². The van der Waals surface area contributed by atoms with Gasteiger partial charge in [0.05, 0.1) is 24.3 Å². The van der Waals surface area contributed by atoms with Gasteiger partial charge in [-0.3, -0.25) is 4.99 Å². The van der Waals surface area contributed by atoms with Gasteiger partial charge in [0.15, 0.2) is 5.58 Å². The van der Waals surface area contributed by atoms with E-state index in [1.165, 1.54) is 0 Å². The average molecular weight is 368 g/mol. The summed E-state index contributed by atoms with van der Waals surface area (Å²) in [7, 11) is 0. The lowest BCUT2D eigenvalue weighted by Gasteiger charge is -2.23. The monoisotopic (exact) mass is 368 g/mol. The molecule has 0 bridgehead atoms. The fourth-order valence-electron chi connectivity index (χ4n) is 3.02. The first-order chi connectivity index (χ1) is 12.9. The van der Waals surface area contributed by atoms with Gasteiger partial charge in [-0.05, 0) is 50.5 Å². The highest BCUT2D eigenvalue weighted by atomic mass is 16.4. The number of aliphatic imine (C=N–C) groups is 2. The van der Waals surface area contributed by atoms with E-state index >= 15 is 0 Å². The number of aliphatic hydroxyl groups is 1. The number of hydrogen-bond donors (Lipinski definition) is 4. The number of amidine groups is 1. The number of nitrogens with zero attached hydrogens (tertiary/aromatic N) is 3. The number of benzene rings is 1. The lowest BCUT2D eigenvalue weighted by atomic mass is 9.87. The van der Waals surface area contributed by atoms with Crippen molar-refractivity contribution in [2.45, 2.75) is 32.7 Å². The van der Waals surface area contributed by atoms with Crippen LogP contribution in [-0.2, 0) is 0 Å². The molecule has 3 rings (SSSR count). The molecule has 0 radical (unpaired) electrons. The van der Waals surface area contributed by atoms with Crippen molar-refractivity contribution in [3.63, 3.8) is 0 Å². The van der Waals surface area contributed by atoms with Gasteiger partial charge in [0, 0.05) is 11.9 Å². The number of anilines is 1. The molecule has 1 aromatic heterocycles. The van der Waals surface area contributed by atoms with Gasteiger partial charge in [-0.25, -0.2) is 4.99 Å². The van der Waals surface area contributed by atoms with Crippen molar-refractivity contribution in [2.24, 2.45) is 21.6 Å². The van der Waals surface area contributed by atoms with E-state index in [0.717, 1.165) is 17.7 Å². The van der Waals surface area contributed by atoms with Crippen LogP contribution in [0.4, 0.5) is 6.01 Å². The van der Waals surface area contributed by atoms with Gasteiger partial charge in [0.1, 0.15) is 11.4 Å². The normalized spacial score (nSPS) is 20.7. The molecule has 6 N–H and O–H groups in total. The number of nitrogens with two attached hydrogens (primary N) is 2. The summed E-state index contributed by atoms with van der Waals surface area (Å²) in [4.78, 5) is 13.1. The Hall–Kier alpha value is -3.00. The van der Waals surface area contributed by atoms with E-state index in [-0.39, 0.29) is 24.4 Å². The molecule has 1 aliphatic rings. The second-order valence-electron chi connectivity index (χ2n) is 6.76. The van der Waals surface area contributed by atoms with Crippen molar-refractivity contribution in [1.82, 2.24) is 4.98 Å². The van der Waals surface area contributed by atoms with Crippen LogP contribution in [-0.4, -0.2) is 40.0 Å². The van der Waals surface area contributed by atoms with Crippen molar-refractivity contribution in [2.75, 3.05) is 12.3 Å². The summed E-state index contributed by atoms with van der Waals surface area (Å²) in [5.41, 5.74) is 15.7. The molecule has 0 spiro atoms. The van der Waals surface area contributed by atoms with Gasteiger partial charge < -0.3 is 26.4 Å². The van der Waals surface area contributed by atoms with Crippen LogP contribution in [0.2, 0.25) is 0 Å². The number of oxazole rings is 1. The second-order valence-corrected chi connectivity index (χ2v) is 6.76. The van der Waals surface area contributed by atoms with E-state index in [9.17, 15) is 5.11 Å². The molecule has 2 heterocycles. The van der Waals surface area contributed by atoms with Crippen LogP contribution in [0.15, 0.2) is 44.4 Å². The standard InChI is InChI=1S/C19H24N6O2/c1-10-3-5-13(24-11(2)9-26)16(18(21)23-8-10)17(20)12-4-6-15-14(7-12)25-19(22)27-15/h4,6-8,11,16,20,26H,3,5,9H2,1-2H3,(H2,21,23)(H2,22,25). The molecule has 0 saturated heterocycles. The van der Waals surface area contributed by atoms with Gasteiger partial charge >= 0.3 is 0 Å². The van der Waals surface area contributed by atoms with Crippen molar-refractivity contribution >= 4 is 34.4 Å². The molecular weight excluding hydrogens is 344 g/mol. The molecule has 8 heteroatoms. The molecule has 1 aromatic carbocycles. The molecule has 1 aliphatic heterocycles. The molecule has 2 aromatic rings. The molecule has 2 unspecified atom stereocenters. The van der Waals surface area contributed by atoms with E-state index < -0.39 is 5.92 Å². The Kier molecular flexibility index (Phi) is 5.36. The maximum Gasteiger partial charge on any atom is 0.292 e. The Morgan fingerprint density at radius 3 is 2.93 bits per heavy atom. The number of aliphatic hydroxyl groups excluding tert-OH is 1. The highest BCUT2D eigenvalue weighted by molar-refractivity contribution is 6.27. The first-order valence-corrected chi connectivity index (χ1v) is 8.80. The smallest absolute Gasteiger partial charge is 0.292 e. The van der Waals surface area contributed by atoms with Crippen LogP contribution < -0.4 is 11.5 Å². The third-order valence-electron chi connectivity index (χ3n) is 4.49. The minimum atomic E-state index is -0.565. The minimum absolute atomic E-state index is 0.0698. The Bertz CT molecular complexity index is 956. The van der Waals surface area contributed by atoms with Gasteiger partial charge in [0.2, 0.25) is 0 Å². The summed E-state index contributed by atoms with van der Waals surface area (Å²) in [6.07, 6.45) is 3.16. The summed E-state index contributed by atoms with van der Waals surface area (Å²) in [5.74, 6) is -0.257. The SMILES string of the molecule is CC1=CN=C(N)C(C(=N)c2ccc3oc(N)nc3c2)C(=NC(C)CO)CC1. The van der Waals surface area contributed by atoms with Gasteiger partial charge in [-0.2, -0.15) is 4.98 Å². The number of hydrogen-bond acceptors (Lipinski definition) is 8. The Morgan fingerprint density at radius 1 is 1.41 bits per heavy atom. The highest BCUT2D eigenvalue weighted by Gasteiger charge is 2.28. The fraction of sp³-hybridized carbons (Fsp3) is 0.368. The minimum Gasteiger partial charge on any atom is -0.424 e. The molecule has 0 fully saturated rings. The summed E-state index contributed by atoms with van der Waals surface area (Å²) in [5, 5.41) is 18.2. The molecule has 0 amide bonds. The number of nitrogens with one attached hydrogen (secondary N) is 1. The van der Waals surface area contributed by atoms with E-state index in [0.29, 0.717) is 28.9 Å². The third kappa shape index (κ3) is 4.06. The van der Waals surface area contributed by atoms with Crippen LogP contribution >= 0.6 is 0 Å². The zero-order valence-corrected chi connectivity index (χ0v) is 15.4. The quantitative estimate of drug-likeness (QED) is 0.611. The van der Waals surface area contributed by atoms with Crippen molar-refractivity contribution < 1.29 is 9.52 Å². The van der Waals surface area contributed by atoms with Gasteiger partial charge in [0.25, 0.3) is 6.01 Å². The van der Waals surface area contributed by atoms with Crippen molar-refractivity contribution in [3.8, 4) is 0 Å². The molecule has 8 nitrogen and oxygen atoms in total. The largest absolute Gasteiger partial charge is 0.424 e. The summed E-state index contributed by atoms with van der Waals surface area (Å²) < 4.78 is 5.29. The Balaban J connectivity index is 2.05. The van der Waals surface area contributed by atoms with Crippen LogP contribution in [0.5, 0.6) is 0 Å². The zero-order chi connectivity index (χ0) is 19.6. The molecule has 0 saturated carbocycles. The zero-order valence-electron chi connectivity index (χ0n) is 15.4. The first-order valence-electron chi connectivity index (χ1n) is 8.80. The molecule has 27 heavy (non-hydrogen) atoms. The predicted molar refractivity (Wildman–Crippen MR) is 107 cm³/mol. The molecule has 0 aliphatic carbocycles.